The van der Waals surface area contributed by atoms with Gasteiger partial charge in [-0.3, -0.25) is 4.79 Å². The van der Waals surface area contributed by atoms with Crippen LogP contribution in [0, 0.1) is 0 Å². The molecular formula is C15H17ClN4O2S2. The Labute approximate surface area is 153 Å². The summed E-state index contributed by atoms with van der Waals surface area (Å²) in [5.41, 5.74) is 0.615. The van der Waals surface area contributed by atoms with E-state index in [2.05, 4.69) is 27.4 Å². The standard InChI is InChI=1S/C15H17ClN4O2S2/c1-4-7-17-14-19-20-15(24-14)23-9(2)13(21)18-10-5-6-12(22-3)11(16)8-10/h4-6,8-9H,1,7H2,2-3H3,(H,17,19)(H,18,21). The van der Waals surface area contributed by atoms with Crippen molar-refractivity contribution >= 4 is 51.4 Å². The fourth-order valence-corrected chi connectivity index (χ4v) is 3.84. The van der Waals surface area contributed by atoms with Gasteiger partial charge in [-0.25, -0.2) is 0 Å². The Morgan fingerprint density at radius 2 is 2.33 bits per heavy atom. The number of hydrogen-bond donors (Lipinski definition) is 2. The van der Waals surface area contributed by atoms with Crippen LogP contribution in [-0.2, 0) is 4.79 Å². The third-order valence-electron chi connectivity index (χ3n) is 2.87. The van der Waals surface area contributed by atoms with Crippen LogP contribution in [0.3, 0.4) is 0 Å². The van der Waals surface area contributed by atoms with Gasteiger partial charge < -0.3 is 15.4 Å². The molecule has 128 valence electrons. The Bertz CT molecular complexity index is 723. The van der Waals surface area contributed by atoms with Gasteiger partial charge in [0.1, 0.15) is 5.75 Å². The smallest absolute Gasteiger partial charge is 0.237 e. The number of ether oxygens (including phenoxy) is 1. The molecule has 1 atom stereocenters. The Balaban J connectivity index is 1.93. The van der Waals surface area contributed by atoms with Gasteiger partial charge in [-0.1, -0.05) is 40.8 Å². The van der Waals surface area contributed by atoms with Crippen molar-refractivity contribution < 1.29 is 9.53 Å². The Morgan fingerprint density at radius 1 is 1.54 bits per heavy atom. The Kier molecular flexibility index (Phi) is 6.89. The lowest BCUT2D eigenvalue weighted by Crippen LogP contribution is -2.22. The van der Waals surface area contributed by atoms with Crippen molar-refractivity contribution in [2.24, 2.45) is 0 Å². The van der Waals surface area contributed by atoms with Crippen molar-refractivity contribution in [1.82, 2.24) is 10.2 Å². The second-order valence-corrected chi connectivity index (χ2v) is 7.61. The fraction of sp³-hybridized carbons (Fsp3) is 0.267. The molecule has 0 radical (unpaired) electrons. The minimum atomic E-state index is -0.328. The average Bonchev–Trinajstić information content (AvgIpc) is 3.00. The number of thioether (sulfide) groups is 1. The van der Waals surface area contributed by atoms with Crippen molar-refractivity contribution in [1.29, 1.82) is 0 Å². The highest BCUT2D eigenvalue weighted by atomic mass is 35.5. The summed E-state index contributed by atoms with van der Waals surface area (Å²) in [5, 5.41) is 14.8. The first-order valence-corrected chi connectivity index (χ1v) is 9.10. The highest BCUT2D eigenvalue weighted by molar-refractivity contribution is 8.02. The van der Waals surface area contributed by atoms with Crippen molar-refractivity contribution in [2.75, 3.05) is 24.3 Å². The number of halogens is 1. The molecule has 1 amide bonds. The number of anilines is 2. The van der Waals surface area contributed by atoms with Crippen LogP contribution in [0.5, 0.6) is 5.75 Å². The number of carbonyl (C=O) groups excluding carboxylic acids is 1. The molecule has 9 heteroatoms. The quantitative estimate of drug-likeness (QED) is 0.530. The van der Waals surface area contributed by atoms with Gasteiger partial charge >= 0.3 is 0 Å². The summed E-state index contributed by atoms with van der Waals surface area (Å²) in [5.74, 6) is 0.419. The largest absolute Gasteiger partial charge is 0.495 e. The molecule has 1 aromatic carbocycles. The summed E-state index contributed by atoms with van der Waals surface area (Å²) >= 11 is 8.80. The highest BCUT2D eigenvalue weighted by Crippen LogP contribution is 2.30. The number of rotatable bonds is 8. The van der Waals surface area contributed by atoms with Crippen molar-refractivity contribution in [3.63, 3.8) is 0 Å². The van der Waals surface area contributed by atoms with Crippen LogP contribution in [0.2, 0.25) is 5.02 Å². The summed E-state index contributed by atoms with van der Waals surface area (Å²) in [6, 6.07) is 5.10. The van der Waals surface area contributed by atoms with E-state index in [-0.39, 0.29) is 11.2 Å². The van der Waals surface area contributed by atoms with Gasteiger partial charge in [0.05, 0.1) is 17.4 Å². The highest BCUT2D eigenvalue weighted by Gasteiger charge is 2.17. The van der Waals surface area contributed by atoms with Gasteiger partial charge in [-0.15, -0.1) is 16.8 Å². The van der Waals surface area contributed by atoms with Crippen LogP contribution in [-0.4, -0.2) is 35.0 Å². The molecule has 0 aliphatic carbocycles. The molecule has 0 saturated carbocycles. The zero-order chi connectivity index (χ0) is 17.5. The maximum absolute atomic E-state index is 12.3. The maximum atomic E-state index is 12.3. The molecule has 6 nitrogen and oxygen atoms in total. The van der Waals surface area contributed by atoms with E-state index in [1.165, 1.54) is 23.1 Å². The van der Waals surface area contributed by atoms with Crippen LogP contribution >= 0.6 is 34.7 Å². The molecule has 0 fully saturated rings. The first kappa shape index (κ1) is 18.6. The number of benzene rings is 1. The third kappa shape index (κ3) is 5.12. The van der Waals surface area contributed by atoms with E-state index < -0.39 is 0 Å². The van der Waals surface area contributed by atoms with Crippen LogP contribution in [0.1, 0.15) is 6.92 Å². The van der Waals surface area contributed by atoms with Crippen molar-refractivity contribution in [3.8, 4) is 5.75 Å². The summed E-state index contributed by atoms with van der Waals surface area (Å²) in [4.78, 5) is 12.3. The molecule has 2 rings (SSSR count). The number of nitrogens with zero attached hydrogens (tertiary/aromatic N) is 2. The normalized spacial score (nSPS) is 11.6. The number of nitrogens with one attached hydrogen (secondary N) is 2. The van der Waals surface area contributed by atoms with E-state index in [0.717, 1.165) is 4.34 Å². The molecule has 0 bridgehead atoms. The van der Waals surface area contributed by atoms with E-state index in [0.29, 0.717) is 28.1 Å². The van der Waals surface area contributed by atoms with E-state index in [1.807, 2.05) is 6.92 Å². The molecular weight excluding hydrogens is 368 g/mol. The zero-order valence-electron chi connectivity index (χ0n) is 13.2. The Morgan fingerprint density at radius 3 is 3.00 bits per heavy atom. The molecule has 1 aromatic heterocycles. The number of aromatic nitrogens is 2. The molecule has 1 unspecified atom stereocenters. The molecule has 24 heavy (non-hydrogen) atoms. The predicted octanol–water partition coefficient (Wildman–Crippen LogP) is 3.92. The number of hydrogen-bond acceptors (Lipinski definition) is 7. The summed E-state index contributed by atoms with van der Waals surface area (Å²) in [7, 11) is 1.54. The SMILES string of the molecule is C=CCNc1nnc(SC(C)C(=O)Nc2ccc(OC)c(Cl)c2)s1. The average molecular weight is 385 g/mol. The van der Waals surface area contributed by atoms with Gasteiger partial charge in [0.15, 0.2) is 4.34 Å². The first-order valence-electron chi connectivity index (χ1n) is 7.02. The van der Waals surface area contributed by atoms with Gasteiger partial charge in [-0.2, -0.15) is 0 Å². The van der Waals surface area contributed by atoms with Gasteiger partial charge in [0, 0.05) is 12.2 Å². The lowest BCUT2D eigenvalue weighted by molar-refractivity contribution is -0.115. The first-order chi connectivity index (χ1) is 11.5. The fourth-order valence-electron chi connectivity index (χ4n) is 1.68. The maximum Gasteiger partial charge on any atom is 0.237 e. The van der Waals surface area contributed by atoms with Crippen molar-refractivity contribution in [3.05, 3.63) is 35.9 Å². The van der Waals surface area contributed by atoms with E-state index in [4.69, 9.17) is 16.3 Å². The molecule has 2 aromatic rings. The zero-order valence-corrected chi connectivity index (χ0v) is 15.6. The topological polar surface area (TPSA) is 76.1 Å². The molecule has 1 heterocycles. The summed E-state index contributed by atoms with van der Waals surface area (Å²) < 4.78 is 5.81. The lowest BCUT2D eigenvalue weighted by Gasteiger charge is -2.11. The van der Waals surface area contributed by atoms with Crippen LogP contribution in [0.15, 0.2) is 35.2 Å². The lowest BCUT2D eigenvalue weighted by atomic mass is 10.3. The monoisotopic (exact) mass is 384 g/mol. The van der Waals surface area contributed by atoms with Crippen LogP contribution < -0.4 is 15.4 Å². The summed E-state index contributed by atoms with van der Waals surface area (Å²) in [6.07, 6.45) is 1.74. The van der Waals surface area contributed by atoms with Gasteiger partial charge in [-0.05, 0) is 25.1 Å². The van der Waals surface area contributed by atoms with E-state index >= 15 is 0 Å². The summed E-state index contributed by atoms with van der Waals surface area (Å²) in [6.45, 7) is 6.06. The third-order valence-corrected chi connectivity index (χ3v) is 5.23. The molecule has 0 saturated heterocycles. The minimum Gasteiger partial charge on any atom is -0.495 e. The van der Waals surface area contributed by atoms with Crippen LogP contribution in [0.25, 0.3) is 0 Å². The predicted molar refractivity (Wildman–Crippen MR) is 101 cm³/mol. The second kappa shape index (κ2) is 8.91. The van der Waals surface area contributed by atoms with E-state index in [9.17, 15) is 4.79 Å². The molecule has 2 N–H and O–H groups in total. The molecule has 0 spiro atoms. The van der Waals surface area contributed by atoms with Gasteiger partial charge in [0.25, 0.3) is 0 Å². The van der Waals surface area contributed by atoms with Crippen molar-refractivity contribution in [2.45, 2.75) is 16.5 Å². The number of methoxy groups -OCH3 is 1. The Hall–Kier alpha value is -1.77. The van der Waals surface area contributed by atoms with E-state index in [1.54, 1.807) is 31.4 Å². The van der Waals surface area contributed by atoms with Crippen LogP contribution in [0.4, 0.5) is 10.8 Å². The second-order valence-electron chi connectivity index (χ2n) is 4.64. The minimum absolute atomic E-state index is 0.142. The number of carbonyl (C=O) groups is 1. The molecule has 0 aliphatic rings. The number of amides is 1. The molecule has 0 aliphatic heterocycles. The van der Waals surface area contributed by atoms with Gasteiger partial charge in [0.2, 0.25) is 11.0 Å².